The Morgan fingerprint density at radius 1 is 1.35 bits per heavy atom. The van der Waals surface area contributed by atoms with Crippen molar-refractivity contribution in [2.24, 2.45) is 17.6 Å². The number of sulfonamides is 1. The van der Waals surface area contributed by atoms with Crippen molar-refractivity contribution in [3.63, 3.8) is 0 Å². The van der Waals surface area contributed by atoms with Gasteiger partial charge in [-0.1, -0.05) is 31.9 Å². The number of benzene rings is 1. The third-order valence-electron chi connectivity index (χ3n) is 4.05. The van der Waals surface area contributed by atoms with Gasteiger partial charge in [-0.25, -0.2) is 13.1 Å². The molecule has 0 saturated heterocycles. The molecule has 1 aliphatic rings. The normalized spacial score (nSPS) is 23.7. The fourth-order valence-corrected chi connectivity index (χ4v) is 4.08. The molecule has 3 N–H and O–H groups in total. The molecule has 0 spiro atoms. The van der Waals surface area contributed by atoms with Crippen molar-refractivity contribution in [3.8, 4) is 0 Å². The molecule has 0 aliphatic heterocycles. The van der Waals surface area contributed by atoms with Crippen LogP contribution in [-0.4, -0.2) is 15.0 Å². The van der Waals surface area contributed by atoms with Gasteiger partial charge in [0, 0.05) is 13.1 Å². The molecule has 112 valence electrons. The third-order valence-corrected chi connectivity index (χ3v) is 5.47. The molecule has 0 amide bonds. The summed E-state index contributed by atoms with van der Waals surface area (Å²) in [5.41, 5.74) is 6.39. The third kappa shape index (κ3) is 4.04. The van der Waals surface area contributed by atoms with Crippen LogP contribution >= 0.6 is 0 Å². The maximum absolute atomic E-state index is 12.3. The van der Waals surface area contributed by atoms with Crippen molar-refractivity contribution in [2.75, 3.05) is 6.54 Å². The van der Waals surface area contributed by atoms with E-state index < -0.39 is 10.0 Å². The van der Waals surface area contributed by atoms with E-state index in [0.717, 1.165) is 18.4 Å². The Morgan fingerprint density at radius 2 is 2.15 bits per heavy atom. The Hall–Kier alpha value is -0.910. The first-order chi connectivity index (χ1) is 9.51. The molecular weight excluding hydrogens is 272 g/mol. The van der Waals surface area contributed by atoms with Crippen molar-refractivity contribution < 1.29 is 8.42 Å². The van der Waals surface area contributed by atoms with E-state index in [1.54, 1.807) is 18.2 Å². The van der Waals surface area contributed by atoms with E-state index in [1.165, 1.54) is 12.8 Å². The maximum atomic E-state index is 12.3. The van der Waals surface area contributed by atoms with Crippen LogP contribution < -0.4 is 10.5 Å². The SMILES string of the molecule is CC1CCCC(CNS(=O)(=O)c2cccc(CN)c2)C1. The number of rotatable bonds is 5. The van der Waals surface area contributed by atoms with Crippen molar-refractivity contribution >= 4 is 10.0 Å². The summed E-state index contributed by atoms with van der Waals surface area (Å²) in [4.78, 5) is 0.310. The van der Waals surface area contributed by atoms with Gasteiger partial charge in [-0.2, -0.15) is 0 Å². The Kier molecular flexibility index (Phi) is 5.18. The molecule has 0 radical (unpaired) electrons. The molecule has 1 saturated carbocycles. The summed E-state index contributed by atoms with van der Waals surface area (Å²) >= 11 is 0. The summed E-state index contributed by atoms with van der Waals surface area (Å²) in [6.07, 6.45) is 4.71. The van der Waals surface area contributed by atoms with E-state index in [0.29, 0.717) is 29.8 Å². The smallest absolute Gasteiger partial charge is 0.240 e. The van der Waals surface area contributed by atoms with E-state index in [1.807, 2.05) is 6.07 Å². The van der Waals surface area contributed by atoms with Gasteiger partial charge in [-0.05, 0) is 42.4 Å². The monoisotopic (exact) mass is 296 g/mol. The quantitative estimate of drug-likeness (QED) is 0.875. The van der Waals surface area contributed by atoms with E-state index >= 15 is 0 Å². The minimum absolute atomic E-state index is 0.310. The molecule has 4 nitrogen and oxygen atoms in total. The summed E-state index contributed by atoms with van der Waals surface area (Å²) in [5.74, 6) is 1.17. The standard InChI is InChI=1S/C15H24N2O2S/c1-12-4-2-6-14(8-12)11-17-20(18,19)15-7-3-5-13(9-15)10-16/h3,5,7,9,12,14,17H,2,4,6,8,10-11,16H2,1H3. The Bertz CT molecular complexity index is 543. The van der Waals surface area contributed by atoms with Crippen LogP contribution in [0.5, 0.6) is 0 Å². The first kappa shape index (κ1) is 15.5. The highest BCUT2D eigenvalue weighted by atomic mass is 32.2. The van der Waals surface area contributed by atoms with E-state index in [9.17, 15) is 8.42 Å². The maximum Gasteiger partial charge on any atom is 0.240 e. The van der Waals surface area contributed by atoms with Gasteiger partial charge in [0.05, 0.1) is 4.90 Å². The largest absolute Gasteiger partial charge is 0.326 e. The predicted molar refractivity (Wildman–Crippen MR) is 80.6 cm³/mol. The summed E-state index contributed by atoms with van der Waals surface area (Å²) < 4.78 is 27.3. The van der Waals surface area contributed by atoms with Crippen molar-refractivity contribution in [2.45, 2.75) is 44.0 Å². The lowest BCUT2D eigenvalue weighted by Gasteiger charge is -2.26. The molecule has 2 rings (SSSR count). The van der Waals surface area contributed by atoms with Crippen LogP contribution in [0.2, 0.25) is 0 Å². The van der Waals surface area contributed by atoms with Crippen molar-refractivity contribution in [3.05, 3.63) is 29.8 Å². The predicted octanol–water partition coefficient (Wildman–Crippen LogP) is 2.25. The Labute approximate surface area is 121 Å². The molecular formula is C15H24N2O2S. The van der Waals surface area contributed by atoms with Crippen LogP contribution in [0, 0.1) is 11.8 Å². The Morgan fingerprint density at radius 3 is 2.85 bits per heavy atom. The zero-order chi connectivity index (χ0) is 14.6. The van der Waals surface area contributed by atoms with Gasteiger partial charge < -0.3 is 5.73 Å². The summed E-state index contributed by atoms with van der Waals surface area (Å²) in [5, 5.41) is 0. The Balaban J connectivity index is 1.99. The molecule has 2 atom stereocenters. The lowest BCUT2D eigenvalue weighted by Crippen LogP contribution is -2.31. The average molecular weight is 296 g/mol. The topological polar surface area (TPSA) is 72.2 Å². The average Bonchev–Trinajstić information content (AvgIpc) is 2.45. The van der Waals surface area contributed by atoms with E-state index in [-0.39, 0.29) is 0 Å². The van der Waals surface area contributed by atoms with Crippen LogP contribution in [0.1, 0.15) is 38.2 Å². The van der Waals surface area contributed by atoms with E-state index in [4.69, 9.17) is 5.73 Å². The first-order valence-corrected chi connectivity index (χ1v) is 8.78. The van der Waals surface area contributed by atoms with Crippen LogP contribution in [-0.2, 0) is 16.6 Å². The molecule has 0 aromatic heterocycles. The summed E-state index contributed by atoms with van der Waals surface area (Å²) in [6.45, 7) is 3.13. The number of nitrogens with two attached hydrogens (primary N) is 1. The van der Waals surface area contributed by atoms with Crippen molar-refractivity contribution in [1.82, 2.24) is 4.72 Å². The van der Waals surface area contributed by atoms with E-state index in [2.05, 4.69) is 11.6 Å². The number of hydrogen-bond donors (Lipinski definition) is 2. The second-order valence-electron chi connectivity index (χ2n) is 5.84. The number of nitrogens with one attached hydrogen (secondary N) is 1. The minimum atomic E-state index is -3.42. The fourth-order valence-electron chi connectivity index (χ4n) is 2.90. The lowest BCUT2D eigenvalue weighted by atomic mass is 9.83. The minimum Gasteiger partial charge on any atom is -0.326 e. The van der Waals surface area contributed by atoms with Crippen LogP contribution in [0.25, 0.3) is 0 Å². The van der Waals surface area contributed by atoms with Gasteiger partial charge >= 0.3 is 0 Å². The highest BCUT2D eigenvalue weighted by Crippen LogP contribution is 2.28. The van der Waals surface area contributed by atoms with Gasteiger partial charge in [-0.15, -0.1) is 0 Å². The lowest BCUT2D eigenvalue weighted by molar-refractivity contribution is 0.283. The zero-order valence-corrected chi connectivity index (χ0v) is 12.8. The summed E-state index contributed by atoms with van der Waals surface area (Å²) in [6, 6.07) is 6.83. The molecule has 0 bridgehead atoms. The molecule has 1 aromatic carbocycles. The highest BCUT2D eigenvalue weighted by Gasteiger charge is 2.21. The van der Waals surface area contributed by atoms with Crippen molar-refractivity contribution in [1.29, 1.82) is 0 Å². The van der Waals surface area contributed by atoms with Crippen LogP contribution in [0.3, 0.4) is 0 Å². The van der Waals surface area contributed by atoms with Gasteiger partial charge in [0.15, 0.2) is 0 Å². The molecule has 5 heteroatoms. The molecule has 2 unspecified atom stereocenters. The fraction of sp³-hybridized carbons (Fsp3) is 0.600. The molecule has 1 aliphatic carbocycles. The molecule has 1 fully saturated rings. The molecule has 20 heavy (non-hydrogen) atoms. The summed E-state index contributed by atoms with van der Waals surface area (Å²) in [7, 11) is -3.42. The van der Waals surface area contributed by atoms with Crippen LogP contribution in [0.4, 0.5) is 0 Å². The van der Waals surface area contributed by atoms with Gasteiger partial charge in [0.2, 0.25) is 10.0 Å². The first-order valence-electron chi connectivity index (χ1n) is 7.30. The van der Waals surface area contributed by atoms with Crippen LogP contribution in [0.15, 0.2) is 29.2 Å². The van der Waals surface area contributed by atoms with Gasteiger partial charge in [-0.3, -0.25) is 0 Å². The molecule has 0 heterocycles. The molecule has 1 aromatic rings. The van der Waals surface area contributed by atoms with Gasteiger partial charge in [0.25, 0.3) is 0 Å². The second-order valence-corrected chi connectivity index (χ2v) is 7.61. The highest BCUT2D eigenvalue weighted by molar-refractivity contribution is 7.89. The van der Waals surface area contributed by atoms with Gasteiger partial charge in [0.1, 0.15) is 0 Å². The zero-order valence-electron chi connectivity index (χ0n) is 12.0. The number of hydrogen-bond acceptors (Lipinski definition) is 3. The second kappa shape index (κ2) is 6.70.